The SMILES string of the molecule is COc1cc([N+](=O)[O-])cc(/C=N\NC(=O)[C@@H](CC(C)C)NC(=O)[C@@H](C)Oc2ccc(Cl)cc2Cl)c1O. The van der Waals surface area contributed by atoms with E-state index in [4.69, 9.17) is 32.7 Å². The Bertz CT molecular complexity index is 1160. The summed E-state index contributed by atoms with van der Waals surface area (Å²) in [5, 5.41) is 28.3. The Morgan fingerprint density at radius 3 is 2.44 bits per heavy atom. The second-order valence-electron chi connectivity index (χ2n) is 8.10. The Morgan fingerprint density at radius 1 is 1.17 bits per heavy atom. The summed E-state index contributed by atoms with van der Waals surface area (Å²) in [5.74, 6) is -1.42. The van der Waals surface area contributed by atoms with Gasteiger partial charge in [-0.1, -0.05) is 37.0 Å². The van der Waals surface area contributed by atoms with Crippen LogP contribution in [0.25, 0.3) is 0 Å². The van der Waals surface area contributed by atoms with E-state index >= 15 is 0 Å². The normalized spacial score (nSPS) is 12.8. The first kappa shape index (κ1) is 28.7. The van der Waals surface area contributed by atoms with Crippen molar-refractivity contribution in [3.8, 4) is 17.2 Å². The third kappa shape index (κ3) is 7.99. The number of rotatable bonds is 11. The van der Waals surface area contributed by atoms with Crippen molar-refractivity contribution in [2.24, 2.45) is 11.0 Å². The zero-order chi connectivity index (χ0) is 27.0. The van der Waals surface area contributed by atoms with Crippen LogP contribution in [0.2, 0.25) is 10.0 Å². The highest BCUT2D eigenvalue weighted by atomic mass is 35.5. The van der Waals surface area contributed by atoms with E-state index in [-0.39, 0.29) is 45.9 Å². The first-order chi connectivity index (χ1) is 16.9. The van der Waals surface area contributed by atoms with Gasteiger partial charge in [0.15, 0.2) is 17.6 Å². The van der Waals surface area contributed by atoms with Crippen molar-refractivity contribution < 1.29 is 29.1 Å². The van der Waals surface area contributed by atoms with Gasteiger partial charge in [0.05, 0.1) is 29.3 Å². The molecule has 0 aliphatic carbocycles. The number of phenolic OH excluding ortho intramolecular Hbond substituents is 1. The van der Waals surface area contributed by atoms with E-state index in [9.17, 15) is 24.8 Å². The monoisotopic (exact) mass is 540 g/mol. The molecule has 11 nitrogen and oxygen atoms in total. The molecule has 0 heterocycles. The summed E-state index contributed by atoms with van der Waals surface area (Å²) in [6, 6.07) is 5.73. The Labute approximate surface area is 217 Å². The lowest BCUT2D eigenvalue weighted by Crippen LogP contribution is -2.49. The lowest BCUT2D eigenvalue weighted by Gasteiger charge is -2.22. The fourth-order valence-corrected chi connectivity index (χ4v) is 3.48. The highest BCUT2D eigenvalue weighted by molar-refractivity contribution is 6.35. The average Bonchev–Trinajstić information content (AvgIpc) is 2.80. The number of carbonyl (C=O) groups excluding carboxylic acids is 2. The number of phenols is 1. The average molecular weight is 541 g/mol. The van der Waals surface area contributed by atoms with Crippen LogP contribution in [-0.2, 0) is 9.59 Å². The summed E-state index contributed by atoms with van der Waals surface area (Å²) in [6.45, 7) is 5.24. The highest BCUT2D eigenvalue weighted by Crippen LogP contribution is 2.33. The molecular formula is C23H26Cl2N4O7. The third-order valence-electron chi connectivity index (χ3n) is 4.81. The molecule has 0 aliphatic heterocycles. The fourth-order valence-electron chi connectivity index (χ4n) is 3.02. The summed E-state index contributed by atoms with van der Waals surface area (Å²) in [7, 11) is 1.24. The second kappa shape index (κ2) is 12.9. The molecule has 2 atom stereocenters. The molecule has 2 amide bonds. The van der Waals surface area contributed by atoms with Gasteiger partial charge in [0.1, 0.15) is 11.8 Å². The van der Waals surface area contributed by atoms with Gasteiger partial charge in [-0.2, -0.15) is 5.10 Å². The maximum Gasteiger partial charge on any atom is 0.274 e. The molecule has 0 spiro atoms. The smallest absolute Gasteiger partial charge is 0.274 e. The zero-order valence-corrected chi connectivity index (χ0v) is 21.5. The molecule has 0 bridgehead atoms. The number of nitrogens with one attached hydrogen (secondary N) is 2. The van der Waals surface area contributed by atoms with Gasteiger partial charge in [-0.3, -0.25) is 19.7 Å². The van der Waals surface area contributed by atoms with Crippen molar-refractivity contribution >= 4 is 46.9 Å². The number of benzene rings is 2. The number of methoxy groups -OCH3 is 1. The van der Waals surface area contributed by atoms with Gasteiger partial charge in [0, 0.05) is 16.7 Å². The molecule has 2 aromatic rings. The van der Waals surface area contributed by atoms with Crippen LogP contribution in [0, 0.1) is 16.0 Å². The minimum absolute atomic E-state index is 0.0389. The number of non-ortho nitro benzene ring substituents is 1. The number of hydrazone groups is 1. The maximum atomic E-state index is 12.7. The molecular weight excluding hydrogens is 515 g/mol. The Morgan fingerprint density at radius 2 is 1.86 bits per heavy atom. The van der Waals surface area contributed by atoms with Crippen LogP contribution in [0.5, 0.6) is 17.2 Å². The van der Waals surface area contributed by atoms with Crippen molar-refractivity contribution in [2.45, 2.75) is 39.3 Å². The van der Waals surface area contributed by atoms with Crippen LogP contribution in [0.1, 0.15) is 32.8 Å². The molecule has 0 saturated carbocycles. The number of carbonyl (C=O) groups is 2. The molecule has 36 heavy (non-hydrogen) atoms. The van der Waals surface area contributed by atoms with Crippen molar-refractivity contribution in [1.29, 1.82) is 0 Å². The summed E-state index contributed by atoms with van der Waals surface area (Å²) in [5.41, 5.74) is 1.89. The molecule has 194 valence electrons. The predicted molar refractivity (Wildman–Crippen MR) is 135 cm³/mol. The molecule has 2 rings (SSSR count). The van der Waals surface area contributed by atoms with Gasteiger partial charge < -0.3 is 19.9 Å². The number of ether oxygens (including phenoxy) is 2. The van der Waals surface area contributed by atoms with Gasteiger partial charge in [-0.15, -0.1) is 0 Å². The first-order valence-electron chi connectivity index (χ1n) is 10.7. The van der Waals surface area contributed by atoms with Crippen molar-refractivity contribution in [3.05, 3.63) is 56.1 Å². The molecule has 2 aromatic carbocycles. The zero-order valence-electron chi connectivity index (χ0n) is 20.0. The minimum atomic E-state index is -0.982. The minimum Gasteiger partial charge on any atom is -0.504 e. The van der Waals surface area contributed by atoms with E-state index in [1.165, 1.54) is 26.2 Å². The van der Waals surface area contributed by atoms with Crippen molar-refractivity contribution in [1.82, 2.24) is 10.7 Å². The summed E-state index contributed by atoms with van der Waals surface area (Å²) in [4.78, 5) is 35.9. The van der Waals surface area contributed by atoms with Gasteiger partial charge in [-0.05, 0) is 37.5 Å². The first-order valence-corrected chi connectivity index (χ1v) is 11.5. The van der Waals surface area contributed by atoms with Crippen LogP contribution in [0.15, 0.2) is 35.4 Å². The molecule has 0 aromatic heterocycles. The number of nitro groups is 1. The van der Waals surface area contributed by atoms with E-state index in [1.807, 2.05) is 13.8 Å². The fraction of sp³-hybridized carbons (Fsp3) is 0.348. The van der Waals surface area contributed by atoms with Crippen LogP contribution in [-0.4, -0.2) is 47.3 Å². The van der Waals surface area contributed by atoms with Gasteiger partial charge >= 0.3 is 0 Å². The lowest BCUT2D eigenvalue weighted by molar-refractivity contribution is -0.385. The van der Waals surface area contributed by atoms with Crippen LogP contribution >= 0.6 is 23.2 Å². The summed E-state index contributed by atoms with van der Waals surface area (Å²) < 4.78 is 10.5. The van der Waals surface area contributed by atoms with E-state index in [1.54, 1.807) is 6.07 Å². The maximum absolute atomic E-state index is 12.7. The van der Waals surface area contributed by atoms with E-state index in [2.05, 4.69) is 15.8 Å². The van der Waals surface area contributed by atoms with Gasteiger partial charge in [0.2, 0.25) is 0 Å². The molecule has 0 saturated heterocycles. The standard InChI is InChI=1S/C23H26Cl2N4O7/c1-12(2)7-18(27-22(31)13(3)36-19-6-5-15(24)9-17(19)25)23(32)28-26-11-14-8-16(29(33)34)10-20(35-4)21(14)30/h5-6,8-13,18,30H,7H2,1-4H3,(H,27,31)(H,28,32)/b26-11-/t13-,18-/m1/s1. The lowest BCUT2D eigenvalue weighted by atomic mass is 10.0. The molecule has 0 aliphatic rings. The van der Waals surface area contributed by atoms with Crippen molar-refractivity contribution in [3.63, 3.8) is 0 Å². The summed E-state index contributed by atoms with van der Waals surface area (Å²) in [6.07, 6.45) is 0.340. The van der Waals surface area contributed by atoms with E-state index < -0.39 is 28.9 Å². The summed E-state index contributed by atoms with van der Waals surface area (Å²) >= 11 is 12.0. The molecule has 0 fully saturated rings. The second-order valence-corrected chi connectivity index (χ2v) is 8.95. The van der Waals surface area contributed by atoms with E-state index in [0.717, 1.165) is 18.3 Å². The number of hydrogen-bond acceptors (Lipinski definition) is 8. The molecule has 0 radical (unpaired) electrons. The number of amides is 2. The highest BCUT2D eigenvalue weighted by Gasteiger charge is 2.25. The van der Waals surface area contributed by atoms with Crippen LogP contribution in [0.4, 0.5) is 5.69 Å². The molecule has 3 N–H and O–H groups in total. The number of halogens is 2. The van der Waals surface area contributed by atoms with Crippen LogP contribution < -0.4 is 20.2 Å². The number of nitro benzene ring substituents is 1. The van der Waals surface area contributed by atoms with Gasteiger partial charge in [-0.25, -0.2) is 5.43 Å². The third-order valence-corrected chi connectivity index (χ3v) is 5.34. The van der Waals surface area contributed by atoms with E-state index in [0.29, 0.717) is 5.02 Å². The Hall–Kier alpha value is -3.57. The molecule has 0 unspecified atom stereocenters. The Balaban J connectivity index is 2.11. The number of hydrogen-bond donors (Lipinski definition) is 3. The van der Waals surface area contributed by atoms with Gasteiger partial charge in [0.25, 0.3) is 17.5 Å². The van der Waals surface area contributed by atoms with Crippen LogP contribution in [0.3, 0.4) is 0 Å². The predicted octanol–water partition coefficient (Wildman–Crippen LogP) is 4.06. The number of nitrogens with zero attached hydrogens (tertiary/aromatic N) is 2. The Kier molecular flexibility index (Phi) is 10.3. The van der Waals surface area contributed by atoms with Crippen molar-refractivity contribution in [2.75, 3.05) is 7.11 Å². The topological polar surface area (TPSA) is 152 Å². The number of aromatic hydroxyl groups is 1. The molecule has 13 heteroatoms. The quantitative estimate of drug-likeness (QED) is 0.220. The largest absolute Gasteiger partial charge is 0.504 e.